The van der Waals surface area contributed by atoms with Gasteiger partial charge in [0, 0.05) is 36.1 Å². The van der Waals surface area contributed by atoms with Crippen LogP contribution in [0, 0.1) is 11.2 Å². The maximum Gasteiger partial charge on any atom is 0.167 e. The van der Waals surface area contributed by atoms with E-state index in [0.717, 1.165) is 23.4 Å². The van der Waals surface area contributed by atoms with Gasteiger partial charge in [-0.1, -0.05) is 13.8 Å². The molecule has 1 aromatic carbocycles. The number of anilines is 2. The molecule has 0 atom stereocenters. The summed E-state index contributed by atoms with van der Waals surface area (Å²) in [7, 11) is 0. The Balaban J connectivity index is 1.87. The normalized spacial score (nSPS) is 15.1. The first-order valence-corrected chi connectivity index (χ1v) is 9.76. The van der Waals surface area contributed by atoms with Crippen LogP contribution >= 0.6 is 0 Å². The largest absolute Gasteiger partial charge is 0.492 e. The number of carbonyl (C=O) groups is 1. The van der Waals surface area contributed by atoms with E-state index in [9.17, 15) is 9.18 Å². The quantitative estimate of drug-likeness (QED) is 0.599. The highest BCUT2D eigenvalue weighted by Crippen LogP contribution is 2.44. The highest BCUT2D eigenvalue weighted by Gasteiger charge is 2.35. The van der Waals surface area contributed by atoms with Crippen LogP contribution in [0.3, 0.4) is 0 Å². The van der Waals surface area contributed by atoms with E-state index >= 15 is 0 Å². The average Bonchev–Trinajstić information content (AvgIpc) is 3.02. The maximum absolute atomic E-state index is 13.7. The Hall–Kier alpha value is -3.15. The summed E-state index contributed by atoms with van der Waals surface area (Å²) in [6.45, 7) is 6.46. The lowest BCUT2D eigenvalue weighted by Gasteiger charge is -2.28. The first-order chi connectivity index (χ1) is 13.9. The highest BCUT2D eigenvalue weighted by molar-refractivity contribution is 6.07. The Kier molecular flexibility index (Phi) is 4.86. The van der Waals surface area contributed by atoms with Gasteiger partial charge in [0.05, 0.1) is 29.2 Å². The topological polar surface area (TPSA) is 67.0 Å². The molecule has 3 aromatic rings. The van der Waals surface area contributed by atoms with Crippen molar-refractivity contribution in [2.45, 2.75) is 33.6 Å². The predicted molar refractivity (Wildman–Crippen MR) is 111 cm³/mol. The van der Waals surface area contributed by atoms with Crippen LogP contribution in [0.4, 0.5) is 15.8 Å². The molecule has 0 saturated carbocycles. The standard InChI is InChI=1S/C23H24FN3O2/c1-4-29-19-11-15(24)5-6-16(19)26-22-20-17(12-23(2,3)13-18(20)28)27-21(22)14-7-9-25-10-8-14/h5-11,26-27H,4,12-13H2,1-3H3. The lowest BCUT2D eigenvalue weighted by atomic mass is 9.76. The van der Waals surface area contributed by atoms with Gasteiger partial charge in [0.25, 0.3) is 0 Å². The second-order valence-electron chi connectivity index (χ2n) is 8.10. The van der Waals surface area contributed by atoms with Crippen LogP contribution in [-0.4, -0.2) is 22.4 Å². The third-order valence-electron chi connectivity index (χ3n) is 5.12. The lowest BCUT2D eigenvalue weighted by molar-refractivity contribution is 0.0912. The van der Waals surface area contributed by atoms with Crippen molar-refractivity contribution < 1.29 is 13.9 Å². The van der Waals surface area contributed by atoms with Crippen LogP contribution in [0.5, 0.6) is 5.75 Å². The third-order valence-corrected chi connectivity index (χ3v) is 5.12. The van der Waals surface area contributed by atoms with Gasteiger partial charge < -0.3 is 15.0 Å². The number of ketones is 1. The lowest BCUT2D eigenvalue weighted by Crippen LogP contribution is -2.26. The Morgan fingerprint density at radius 2 is 1.97 bits per heavy atom. The molecule has 0 amide bonds. The Labute approximate surface area is 169 Å². The zero-order valence-corrected chi connectivity index (χ0v) is 16.8. The van der Waals surface area contributed by atoms with Crippen molar-refractivity contribution >= 4 is 17.2 Å². The van der Waals surface area contributed by atoms with Crippen molar-refractivity contribution in [1.29, 1.82) is 0 Å². The molecule has 0 aliphatic heterocycles. The molecule has 0 fully saturated rings. The van der Waals surface area contributed by atoms with Gasteiger partial charge in [-0.05, 0) is 43.0 Å². The molecule has 5 nitrogen and oxygen atoms in total. The fourth-order valence-corrected chi connectivity index (χ4v) is 3.93. The molecule has 29 heavy (non-hydrogen) atoms. The van der Waals surface area contributed by atoms with Gasteiger partial charge in [0.2, 0.25) is 0 Å². The summed E-state index contributed by atoms with van der Waals surface area (Å²) in [6, 6.07) is 8.15. The van der Waals surface area contributed by atoms with Crippen molar-refractivity contribution in [3.8, 4) is 17.0 Å². The predicted octanol–water partition coefficient (Wildman–Crippen LogP) is 5.51. The van der Waals surface area contributed by atoms with E-state index in [-0.39, 0.29) is 17.0 Å². The Morgan fingerprint density at radius 1 is 1.21 bits per heavy atom. The van der Waals surface area contributed by atoms with Crippen molar-refractivity contribution in [3.63, 3.8) is 0 Å². The average molecular weight is 393 g/mol. The van der Waals surface area contributed by atoms with Crippen molar-refractivity contribution in [2.24, 2.45) is 5.41 Å². The number of ether oxygens (including phenoxy) is 1. The molecule has 1 aliphatic rings. The van der Waals surface area contributed by atoms with Crippen LogP contribution < -0.4 is 10.1 Å². The molecule has 2 heterocycles. The van der Waals surface area contributed by atoms with E-state index in [1.807, 2.05) is 19.1 Å². The van der Waals surface area contributed by atoms with Gasteiger partial charge in [0.15, 0.2) is 5.78 Å². The number of pyridine rings is 1. The molecule has 4 rings (SSSR count). The van der Waals surface area contributed by atoms with Crippen molar-refractivity contribution in [1.82, 2.24) is 9.97 Å². The van der Waals surface area contributed by atoms with Crippen molar-refractivity contribution in [2.75, 3.05) is 11.9 Å². The van der Waals surface area contributed by atoms with Crippen LogP contribution in [-0.2, 0) is 6.42 Å². The third kappa shape index (κ3) is 3.75. The number of carbonyl (C=O) groups excluding carboxylic acids is 1. The molecule has 2 N–H and O–H groups in total. The summed E-state index contributed by atoms with van der Waals surface area (Å²) in [6.07, 6.45) is 4.68. The number of Topliss-reactive ketones (excluding diaryl/α,β-unsaturated/α-hetero) is 1. The number of hydrogen-bond acceptors (Lipinski definition) is 4. The summed E-state index contributed by atoms with van der Waals surface area (Å²) >= 11 is 0. The Morgan fingerprint density at radius 3 is 2.69 bits per heavy atom. The van der Waals surface area contributed by atoms with Gasteiger partial charge >= 0.3 is 0 Å². The minimum absolute atomic E-state index is 0.0929. The van der Waals surface area contributed by atoms with Gasteiger partial charge in [-0.3, -0.25) is 9.78 Å². The molecular weight excluding hydrogens is 369 g/mol. The van der Waals surface area contributed by atoms with Gasteiger partial charge in [0.1, 0.15) is 11.6 Å². The first-order valence-electron chi connectivity index (χ1n) is 9.76. The summed E-state index contributed by atoms with van der Waals surface area (Å²) in [4.78, 5) is 20.6. The van der Waals surface area contributed by atoms with E-state index in [1.165, 1.54) is 12.1 Å². The summed E-state index contributed by atoms with van der Waals surface area (Å²) < 4.78 is 19.3. The highest BCUT2D eigenvalue weighted by atomic mass is 19.1. The fraction of sp³-hybridized carbons (Fsp3) is 0.304. The maximum atomic E-state index is 13.7. The van der Waals surface area contributed by atoms with Crippen molar-refractivity contribution in [3.05, 3.63) is 59.8 Å². The first kappa shape index (κ1) is 19.2. The molecule has 2 aromatic heterocycles. The molecule has 0 saturated heterocycles. The smallest absolute Gasteiger partial charge is 0.167 e. The zero-order valence-electron chi connectivity index (χ0n) is 16.8. The number of nitrogens with one attached hydrogen (secondary N) is 2. The number of rotatable bonds is 5. The van der Waals surface area contributed by atoms with Gasteiger partial charge in [-0.25, -0.2) is 4.39 Å². The number of halogens is 1. The minimum Gasteiger partial charge on any atom is -0.492 e. The molecule has 0 radical (unpaired) electrons. The van der Waals surface area contributed by atoms with E-state index in [0.29, 0.717) is 35.7 Å². The number of hydrogen-bond donors (Lipinski definition) is 2. The number of nitrogens with zero attached hydrogens (tertiary/aromatic N) is 1. The second-order valence-corrected chi connectivity index (χ2v) is 8.10. The SMILES string of the molecule is CCOc1cc(F)ccc1Nc1c(-c2ccncc2)[nH]c2c1C(=O)CC(C)(C)C2. The molecule has 0 unspecified atom stereocenters. The molecule has 150 valence electrons. The zero-order chi connectivity index (χ0) is 20.6. The van der Waals surface area contributed by atoms with Crippen LogP contribution in [0.25, 0.3) is 11.3 Å². The van der Waals surface area contributed by atoms with E-state index < -0.39 is 0 Å². The molecule has 6 heteroatoms. The monoisotopic (exact) mass is 393 g/mol. The molecule has 1 aliphatic carbocycles. The number of fused-ring (bicyclic) bond motifs is 1. The molecular formula is C23H24FN3O2. The summed E-state index contributed by atoms with van der Waals surface area (Å²) in [5.41, 5.74) is 4.53. The van der Waals surface area contributed by atoms with E-state index in [2.05, 4.69) is 29.1 Å². The summed E-state index contributed by atoms with van der Waals surface area (Å²) in [5.74, 6) is 0.129. The van der Waals surface area contributed by atoms with Crippen LogP contribution in [0.1, 0.15) is 43.2 Å². The van der Waals surface area contributed by atoms with Crippen LogP contribution in [0.2, 0.25) is 0 Å². The summed E-state index contributed by atoms with van der Waals surface area (Å²) in [5, 5.41) is 3.35. The fourth-order valence-electron chi connectivity index (χ4n) is 3.93. The number of H-pyrrole nitrogens is 1. The number of benzene rings is 1. The van der Waals surface area contributed by atoms with Gasteiger partial charge in [-0.2, -0.15) is 0 Å². The minimum atomic E-state index is -0.373. The van der Waals surface area contributed by atoms with Gasteiger partial charge in [-0.15, -0.1) is 0 Å². The molecule has 0 bridgehead atoms. The second kappa shape index (κ2) is 7.35. The number of aromatic nitrogens is 2. The van der Waals surface area contributed by atoms with Crippen LogP contribution in [0.15, 0.2) is 42.7 Å². The van der Waals surface area contributed by atoms with E-state index in [4.69, 9.17) is 4.74 Å². The Bertz CT molecular complexity index is 1060. The number of aromatic amines is 1. The van der Waals surface area contributed by atoms with E-state index in [1.54, 1.807) is 18.5 Å². The molecule has 0 spiro atoms.